The van der Waals surface area contributed by atoms with Gasteiger partial charge in [-0.25, -0.2) is 4.79 Å². The summed E-state index contributed by atoms with van der Waals surface area (Å²) in [4.78, 5) is 25.1. The molecule has 0 aliphatic carbocycles. The molecule has 1 N–H and O–H groups in total. The molecule has 1 heterocycles. The highest BCUT2D eigenvalue weighted by Gasteiger charge is 2.30. The van der Waals surface area contributed by atoms with E-state index in [1.165, 1.54) is 6.07 Å². The van der Waals surface area contributed by atoms with Gasteiger partial charge in [0.25, 0.3) is 5.69 Å². The van der Waals surface area contributed by atoms with Crippen LogP contribution >= 0.6 is 0 Å². The van der Waals surface area contributed by atoms with Crippen LogP contribution in [0.25, 0.3) is 0 Å². The Balaban J connectivity index is 1.76. The second-order valence-corrected chi connectivity index (χ2v) is 6.31. The highest BCUT2D eigenvalue weighted by molar-refractivity contribution is 5.90. The molecular weight excluding hydrogens is 334 g/mol. The van der Waals surface area contributed by atoms with Gasteiger partial charge in [0.1, 0.15) is 5.75 Å². The summed E-state index contributed by atoms with van der Waals surface area (Å²) in [6, 6.07) is 12.1. The highest BCUT2D eigenvalue weighted by Crippen LogP contribution is 2.33. The topological polar surface area (TPSA) is 84.7 Å². The van der Waals surface area contributed by atoms with E-state index in [4.69, 9.17) is 4.74 Å². The predicted octanol–water partition coefficient (Wildman–Crippen LogP) is 4.28. The van der Waals surface area contributed by atoms with Crippen molar-refractivity contribution in [2.24, 2.45) is 0 Å². The zero-order valence-electron chi connectivity index (χ0n) is 14.8. The maximum atomic E-state index is 12.7. The molecule has 1 aliphatic rings. The van der Waals surface area contributed by atoms with E-state index in [1.54, 1.807) is 31.1 Å². The third-order valence-corrected chi connectivity index (χ3v) is 4.67. The van der Waals surface area contributed by atoms with Crippen molar-refractivity contribution in [1.82, 2.24) is 4.90 Å². The number of benzene rings is 2. The van der Waals surface area contributed by atoms with Gasteiger partial charge in [0.15, 0.2) is 0 Å². The van der Waals surface area contributed by atoms with E-state index in [1.807, 2.05) is 24.3 Å². The number of hydrogen-bond acceptors (Lipinski definition) is 4. The molecule has 0 spiro atoms. The maximum Gasteiger partial charge on any atom is 0.322 e. The molecule has 0 saturated carbocycles. The van der Waals surface area contributed by atoms with E-state index in [0.717, 1.165) is 24.2 Å². The Labute approximate surface area is 151 Å². The zero-order valence-corrected chi connectivity index (χ0v) is 14.8. The fourth-order valence-corrected chi connectivity index (χ4v) is 3.26. The average molecular weight is 355 g/mol. The fraction of sp³-hybridized carbons (Fsp3) is 0.316. The number of ether oxygens (including phenoxy) is 1. The van der Waals surface area contributed by atoms with Crippen molar-refractivity contribution in [2.75, 3.05) is 19.0 Å². The van der Waals surface area contributed by atoms with Crippen LogP contribution in [0.5, 0.6) is 5.75 Å². The van der Waals surface area contributed by atoms with Gasteiger partial charge in [-0.1, -0.05) is 18.2 Å². The zero-order chi connectivity index (χ0) is 18.7. The molecule has 26 heavy (non-hydrogen) atoms. The number of amides is 2. The Morgan fingerprint density at radius 3 is 2.65 bits per heavy atom. The summed E-state index contributed by atoms with van der Waals surface area (Å²) < 4.78 is 5.18. The Morgan fingerprint density at radius 1 is 1.27 bits per heavy atom. The molecule has 1 saturated heterocycles. The molecule has 0 radical (unpaired) electrons. The number of aryl methyl sites for hydroxylation is 1. The van der Waals surface area contributed by atoms with E-state index < -0.39 is 4.92 Å². The van der Waals surface area contributed by atoms with Crippen molar-refractivity contribution in [3.05, 3.63) is 63.7 Å². The lowest BCUT2D eigenvalue weighted by molar-refractivity contribution is -0.385. The maximum absolute atomic E-state index is 12.7. The fourth-order valence-electron chi connectivity index (χ4n) is 3.26. The largest absolute Gasteiger partial charge is 0.497 e. The first-order valence-corrected chi connectivity index (χ1v) is 8.46. The first-order valence-electron chi connectivity index (χ1n) is 8.46. The highest BCUT2D eigenvalue weighted by atomic mass is 16.6. The Kier molecular flexibility index (Phi) is 5.06. The SMILES string of the molecule is COc1ccc(C2CCCN2C(=O)Nc2ccc(C)c([N+](=O)[O-])c2)cc1. The third-order valence-electron chi connectivity index (χ3n) is 4.67. The van der Waals surface area contributed by atoms with Crippen molar-refractivity contribution < 1.29 is 14.5 Å². The molecule has 2 aromatic carbocycles. The molecule has 1 fully saturated rings. The van der Waals surface area contributed by atoms with E-state index >= 15 is 0 Å². The predicted molar refractivity (Wildman–Crippen MR) is 98.5 cm³/mol. The molecule has 7 nitrogen and oxygen atoms in total. The number of urea groups is 1. The van der Waals surface area contributed by atoms with Gasteiger partial charge in [-0.3, -0.25) is 10.1 Å². The normalized spacial score (nSPS) is 16.4. The summed E-state index contributed by atoms with van der Waals surface area (Å²) in [7, 11) is 1.62. The lowest BCUT2D eigenvalue weighted by atomic mass is 10.0. The van der Waals surface area contributed by atoms with Crippen LogP contribution in [0.15, 0.2) is 42.5 Å². The van der Waals surface area contributed by atoms with Gasteiger partial charge < -0.3 is 15.0 Å². The summed E-state index contributed by atoms with van der Waals surface area (Å²) >= 11 is 0. The smallest absolute Gasteiger partial charge is 0.322 e. The van der Waals surface area contributed by atoms with E-state index in [2.05, 4.69) is 5.32 Å². The van der Waals surface area contributed by atoms with Crippen LogP contribution in [0.2, 0.25) is 0 Å². The second-order valence-electron chi connectivity index (χ2n) is 6.31. The van der Waals surface area contributed by atoms with Crippen LogP contribution in [-0.2, 0) is 0 Å². The molecule has 0 aromatic heterocycles. The first kappa shape index (κ1) is 17.7. The number of nitro benzene ring substituents is 1. The van der Waals surface area contributed by atoms with Crippen LogP contribution in [0.1, 0.15) is 30.0 Å². The van der Waals surface area contributed by atoms with Crippen molar-refractivity contribution in [2.45, 2.75) is 25.8 Å². The number of nitrogens with zero attached hydrogens (tertiary/aromatic N) is 2. The number of anilines is 1. The number of carbonyl (C=O) groups excluding carboxylic acids is 1. The standard InChI is InChI=1S/C19H21N3O4/c1-13-5-8-15(12-18(13)22(24)25)20-19(23)21-11-3-4-17(21)14-6-9-16(26-2)10-7-14/h5-10,12,17H,3-4,11H2,1-2H3,(H,20,23). The van der Waals surface area contributed by atoms with Gasteiger partial charge in [-0.05, 0) is 43.5 Å². The molecule has 2 aromatic rings. The van der Waals surface area contributed by atoms with Crippen LogP contribution in [0.3, 0.4) is 0 Å². The minimum atomic E-state index is -0.443. The first-order chi connectivity index (χ1) is 12.5. The van der Waals surface area contributed by atoms with Crippen molar-refractivity contribution >= 4 is 17.4 Å². The minimum absolute atomic E-state index is 0.00377. The number of carbonyl (C=O) groups is 1. The molecule has 1 unspecified atom stereocenters. The van der Waals surface area contributed by atoms with Gasteiger partial charge in [0.05, 0.1) is 18.1 Å². The lowest BCUT2D eigenvalue weighted by Gasteiger charge is -2.25. The van der Waals surface area contributed by atoms with Crippen LogP contribution in [-0.4, -0.2) is 29.5 Å². The Morgan fingerprint density at radius 2 is 2.00 bits per heavy atom. The van der Waals surface area contributed by atoms with Gasteiger partial charge >= 0.3 is 6.03 Å². The lowest BCUT2D eigenvalue weighted by Crippen LogP contribution is -2.34. The van der Waals surface area contributed by atoms with Gasteiger partial charge in [-0.2, -0.15) is 0 Å². The van der Waals surface area contributed by atoms with Crippen molar-refractivity contribution in [1.29, 1.82) is 0 Å². The number of nitrogens with one attached hydrogen (secondary N) is 1. The van der Waals surface area contributed by atoms with Gasteiger partial charge in [-0.15, -0.1) is 0 Å². The second kappa shape index (κ2) is 7.43. The third kappa shape index (κ3) is 3.61. The molecule has 1 atom stereocenters. The van der Waals surface area contributed by atoms with Crippen LogP contribution in [0, 0.1) is 17.0 Å². The van der Waals surface area contributed by atoms with Gasteiger partial charge in [0.2, 0.25) is 0 Å². The molecule has 2 amide bonds. The average Bonchev–Trinajstić information content (AvgIpc) is 3.13. The molecular formula is C19H21N3O4. The van der Waals surface area contributed by atoms with Crippen LogP contribution in [0.4, 0.5) is 16.2 Å². The number of nitro groups is 1. The number of hydrogen-bond donors (Lipinski definition) is 1. The molecule has 136 valence electrons. The van der Waals surface area contributed by atoms with E-state index in [9.17, 15) is 14.9 Å². The summed E-state index contributed by atoms with van der Waals surface area (Å²) in [6.45, 7) is 2.32. The number of methoxy groups -OCH3 is 1. The van der Waals surface area contributed by atoms with Gasteiger partial charge in [0, 0.05) is 23.9 Å². The minimum Gasteiger partial charge on any atom is -0.497 e. The summed E-state index contributed by atoms with van der Waals surface area (Å²) in [6.07, 6.45) is 1.80. The summed E-state index contributed by atoms with van der Waals surface area (Å²) in [5.41, 5.74) is 2.03. The van der Waals surface area contributed by atoms with E-state index in [-0.39, 0.29) is 17.8 Å². The number of likely N-dealkylation sites (tertiary alicyclic amines) is 1. The Bertz CT molecular complexity index is 820. The van der Waals surface area contributed by atoms with Crippen molar-refractivity contribution in [3.8, 4) is 5.75 Å². The molecule has 3 rings (SSSR count). The Hall–Kier alpha value is -3.09. The monoisotopic (exact) mass is 355 g/mol. The summed E-state index contributed by atoms with van der Waals surface area (Å²) in [5, 5.41) is 13.9. The molecule has 1 aliphatic heterocycles. The van der Waals surface area contributed by atoms with Crippen LogP contribution < -0.4 is 10.1 Å². The van der Waals surface area contributed by atoms with Crippen molar-refractivity contribution in [3.63, 3.8) is 0 Å². The quantitative estimate of drug-likeness (QED) is 0.655. The summed E-state index contributed by atoms with van der Waals surface area (Å²) in [5.74, 6) is 0.773. The van der Waals surface area contributed by atoms with E-state index in [0.29, 0.717) is 17.8 Å². The number of rotatable bonds is 4. The molecule has 7 heteroatoms. The molecule has 0 bridgehead atoms.